The van der Waals surface area contributed by atoms with Gasteiger partial charge in [0.1, 0.15) is 0 Å². The third kappa shape index (κ3) is 1.83. The molecule has 1 aliphatic carbocycles. The van der Waals surface area contributed by atoms with Crippen LogP contribution in [0.1, 0.15) is 13.8 Å². The Hall–Kier alpha value is -0.910. The highest BCUT2D eigenvalue weighted by atomic mass is 31.2. The molecule has 0 aromatic heterocycles. The van der Waals surface area contributed by atoms with Crippen LogP contribution >= 0.6 is 7.60 Å². The summed E-state index contributed by atoms with van der Waals surface area (Å²) in [6, 6.07) is 0. The maximum Gasteiger partial charge on any atom is 0.335 e. The molecule has 7 nitrogen and oxygen atoms in total. The molecule has 19 heavy (non-hydrogen) atoms. The molecule has 0 bridgehead atoms. The zero-order chi connectivity index (χ0) is 15.1. The standard InChI is InChI=1S/C11H19O7P/c1-10(2)7(19(14,17-5)18-6)11(10,8(12)15-3)9(13)16-4/h7H,1-6H3. The van der Waals surface area contributed by atoms with Gasteiger partial charge in [0.15, 0.2) is 5.41 Å². The molecule has 1 rings (SSSR count). The number of carbonyl (C=O) groups is 2. The highest BCUT2D eigenvalue weighted by molar-refractivity contribution is 7.55. The normalized spacial score (nSPS) is 23.6. The van der Waals surface area contributed by atoms with E-state index in [9.17, 15) is 14.2 Å². The van der Waals surface area contributed by atoms with Gasteiger partial charge in [0.05, 0.1) is 19.9 Å². The third-order valence-electron chi connectivity index (χ3n) is 3.87. The van der Waals surface area contributed by atoms with Crippen molar-refractivity contribution in [3.8, 4) is 0 Å². The van der Waals surface area contributed by atoms with Gasteiger partial charge in [0.25, 0.3) is 0 Å². The van der Waals surface area contributed by atoms with Gasteiger partial charge in [-0.3, -0.25) is 14.2 Å². The number of hydrogen-bond donors (Lipinski definition) is 0. The predicted molar refractivity (Wildman–Crippen MR) is 65.7 cm³/mol. The molecule has 110 valence electrons. The summed E-state index contributed by atoms with van der Waals surface area (Å²) >= 11 is 0. The van der Waals surface area contributed by atoms with Crippen molar-refractivity contribution in [3.05, 3.63) is 0 Å². The van der Waals surface area contributed by atoms with Crippen molar-refractivity contribution in [2.24, 2.45) is 10.8 Å². The Bertz CT molecular complexity index is 418. The van der Waals surface area contributed by atoms with E-state index >= 15 is 0 Å². The molecule has 0 saturated heterocycles. The van der Waals surface area contributed by atoms with E-state index in [0.29, 0.717) is 0 Å². The Balaban J connectivity index is 3.40. The van der Waals surface area contributed by atoms with Gasteiger partial charge >= 0.3 is 19.5 Å². The average Bonchev–Trinajstić information content (AvgIpc) is 2.94. The lowest BCUT2D eigenvalue weighted by molar-refractivity contribution is -0.163. The molecule has 0 amide bonds. The fourth-order valence-corrected chi connectivity index (χ4v) is 5.32. The Labute approximate surface area is 112 Å². The molecule has 1 unspecified atom stereocenters. The summed E-state index contributed by atoms with van der Waals surface area (Å²) in [5.41, 5.74) is -3.56. The zero-order valence-electron chi connectivity index (χ0n) is 11.9. The van der Waals surface area contributed by atoms with Gasteiger partial charge in [0, 0.05) is 19.6 Å². The molecule has 1 atom stereocenters. The van der Waals surface area contributed by atoms with Gasteiger partial charge in [0.2, 0.25) is 0 Å². The van der Waals surface area contributed by atoms with Crippen LogP contribution in [0.5, 0.6) is 0 Å². The minimum Gasteiger partial charge on any atom is -0.468 e. The molecular formula is C11H19O7P. The summed E-state index contributed by atoms with van der Waals surface area (Å²) in [7, 11) is 1.10. The summed E-state index contributed by atoms with van der Waals surface area (Å²) in [5, 5.41) is 0. The third-order valence-corrected chi connectivity index (χ3v) is 6.55. The second kappa shape index (κ2) is 4.89. The van der Waals surface area contributed by atoms with Crippen LogP contribution in [0.4, 0.5) is 0 Å². The Kier molecular flexibility index (Phi) is 4.15. The lowest BCUT2D eigenvalue weighted by atomic mass is 9.96. The average molecular weight is 294 g/mol. The zero-order valence-corrected chi connectivity index (χ0v) is 12.8. The van der Waals surface area contributed by atoms with E-state index in [0.717, 1.165) is 14.2 Å². The smallest absolute Gasteiger partial charge is 0.335 e. The lowest BCUT2D eigenvalue weighted by Gasteiger charge is -2.17. The predicted octanol–water partition coefficient (Wildman–Crippen LogP) is 1.21. The number of esters is 2. The van der Waals surface area contributed by atoms with E-state index in [2.05, 4.69) is 9.47 Å². The number of hydrogen-bond acceptors (Lipinski definition) is 7. The van der Waals surface area contributed by atoms with Crippen molar-refractivity contribution >= 4 is 19.5 Å². The first-order valence-electron chi connectivity index (χ1n) is 5.58. The molecule has 0 N–H and O–H groups in total. The van der Waals surface area contributed by atoms with Gasteiger partial charge < -0.3 is 18.5 Å². The van der Waals surface area contributed by atoms with Crippen LogP contribution in [-0.4, -0.2) is 46.0 Å². The van der Waals surface area contributed by atoms with Gasteiger partial charge in [-0.05, 0) is 0 Å². The fraction of sp³-hybridized carbons (Fsp3) is 0.818. The lowest BCUT2D eigenvalue weighted by Crippen LogP contribution is -2.34. The molecule has 8 heteroatoms. The van der Waals surface area contributed by atoms with E-state index < -0.39 is 36.0 Å². The fourth-order valence-electron chi connectivity index (χ4n) is 2.81. The first-order valence-corrected chi connectivity index (χ1v) is 7.19. The van der Waals surface area contributed by atoms with Gasteiger partial charge in [-0.25, -0.2) is 0 Å². The topological polar surface area (TPSA) is 88.1 Å². The van der Waals surface area contributed by atoms with Crippen molar-refractivity contribution in [2.45, 2.75) is 19.5 Å². The van der Waals surface area contributed by atoms with Gasteiger partial charge in [-0.2, -0.15) is 0 Å². The first kappa shape index (κ1) is 16.1. The SMILES string of the molecule is COC(=O)C1(C(=O)OC)C(P(=O)(OC)OC)C1(C)C. The van der Waals surface area contributed by atoms with Crippen LogP contribution < -0.4 is 0 Å². The summed E-state index contributed by atoms with van der Waals surface area (Å²) in [4.78, 5) is 24.1. The van der Waals surface area contributed by atoms with E-state index in [1.54, 1.807) is 13.8 Å². The first-order chi connectivity index (χ1) is 8.70. The highest BCUT2D eigenvalue weighted by Gasteiger charge is 2.87. The van der Waals surface area contributed by atoms with Crippen LogP contribution in [-0.2, 0) is 32.7 Å². The van der Waals surface area contributed by atoms with E-state index in [1.165, 1.54) is 14.2 Å². The Morgan fingerprint density at radius 3 is 1.58 bits per heavy atom. The summed E-state index contributed by atoms with van der Waals surface area (Å²) < 4.78 is 31.7. The molecule has 0 aliphatic heterocycles. The Morgan fingerprint density at radius 1 is 0.947 bits per heavy atom. The number of methoxy groups -OCH3 is 2. The van der Waals surface area contributed by atoms with E-state index in [-0.39, 0.29) is 0 Å². The maximum atomic E-state index is 12.5. The summed E-state index contributed by atoms with van der Waals surface area (Å²) in [6.07, 6.45) is 0. The maximum absolute atomic E-state index is 12.5. The molecule has 1 saturated carbocycles. The second-order valence-corrected chi connectivity index (χ2v) is 7.15. The van der Waals surface area contributed by atoms with Gasteiger partial charge in [-0.15, -0.1) is 0 Å². The molecular weight excluding hydrogens is 275 g/mol. The van der Waals surface area contributed by atoms with Crippen molar-refractivity contribution in [1.82, 2.24) is 0 Å². The van der Waals surface area contributed by atoms with Gasteiger partial charge in [-0.1, -0.05) is 13.8 Å². The molecule has 1 fully saturated rings. The molecule has 0 spiro atoms. The monoisotopic (exact) mass is 294 g/mol. The number of carbonyl (C=O) groups excluding carboxylic acids is 2. The minimum absolute atomic E-state index is 0.802. The molecule has 0 aromatic rings. The number of rotatable bonds is 5. The molecule has 1 aliphatic rings. The van der Waals surface area contributed by atoms with Crippen molar-refractivity contribution < 1.29 is 32.7 Å². The molecule has 0 heterocycles. The largest absolute Gasteiger partial charge is 0.468 e. The van der Waals surface area contributed by atoms with Crippen molar-refractivity contribution in [2.75, 3.05) is 28.4 Å². The number of ether oxygens (including phenoxy) is 2. The second-order valence-electron chi connectivity index (χ2n) is 4.82. The van der Waals surface area contributed by atoms with Crippen LogP contribution in [0, 0.1) is 10.8 Å². The molecule has 0 radical (unpaired) electrons. The summed E-state index contributed by atoms with van der Waals surface area (Å²) in [5.74, 6) is -1.60. The minimum atomic E-state index is -3.62. The van der Waals surface area contributed by atoms with E-state index in [4.69, 9.17) is 9.05 Å². The van der Waals surface area contributed by atoms with Crippen molar-refractivity contribution in [1.29, 1.82) is 0 Å². The Morgan fingerprint density at radius 2 is 1.32 bits per heavy atom. The van der Waals surface area contributed by atoms with Crippen LogP contribution in [0.25, 0.3) is 0 Å². The highest BCUT2D eigenvalue weighted by Crippen LogP contribution is 2.80. The summed E-state index contributed by atoms with van der Waals surface area (Å²) in [6.45, 7) is 3.24. The quantitative estimate of drug-likeness (QED) is 0.428. The molecule has 0 aromatic carbocycles. The van der Waals surface area contributed by atoms with Crippen LogP contribution in [0.2, 0.25) is 0 Å². The van der Waals surface area contributed by atoms with Crippen LogP contribution in [0.15, 0.2) is 0 Å². The van der Waals surface area contributed by atoms with E-state index in [1.807, 2.05) is 0 Å². The van der Waals surface area contributed by atoms with Crippen molar-refractivity contribution in [3.63, 3.8) is 0 Å². The van der Waals surface area contributed by atoms with Crippen LogP contribution in [0.3, 0.4) is 0 Å².